The fraction of sp³-hybridized carbons (Fsp3) is 0.0465. The molecule has 3 nitrogen and oxygen atoms in total. The predicted molar refractivity (Wildman–Crippen MR) is 193 cm³/mol. The van der Waals surface area contributed by atoms with Crippen LogP contribution in [-0.4, -0.2) is 11.0 Å². The Morgan fingerprint density at radius 3 is 2.17 bits per heavy atom. The third-order valence-corrected chi connectivity index (χ3v) is 9.34. The van der Waals surface area contributed by atoms with Crippen LogP contribution in [0, 0.1) is 0 Å². The van der Waals surface area contributed by atoms with Crippen LogP contribution in [0.1, 0.15) is 16.7 Å². The summed E-state index contributed by atoms with van der Waals surface area (Å²) in [4.78, 5) is 9.58. The minimum Gasteiger partial charge on any atom is -0.330 e. The number of aromatic nitrogens is 1. The Kier molecular flexibility index (Phi) is 6.27. The first-order valence-electron chi connectivity index (χ1n) is 15.9. The minimum absolute atomic E-state index is 0.0412. The van der Waals surface area contributed by atoms with Gasteiger partial charge in [-0.3, -0.25) is 4.90 Å². The third kappa shape index (κ3) is 4.32. The number of hydrogen-bond donors (Lipinski definition) is 0. The number of hydrogen-bond acceptors (Lipinski definition) is 3. The number of pyridine rings is 1. The molecule has 1 unspecified atom stereocenters. The van der Waals surface area contributed by atoms with Crippen LogP contribution >= 0.6 is 0 Å². The Labute approximate surface area is 269 Å². The minimum atomic E-state index is 0.0412. The van der Waals surface area contributed by atoms with Gasteiger partial charge in [0.1, 0.15) is 5.82 Å². The molecular weight excluding hydrogens is 558 g/mol. The molecule has 46 heavy (non-hydrogen) atoms. The molecule has 0 radical (unpaired) electrons. The maximum Gasteiger partial charge on any atom is 0.137 e. The summed E-state index contributed by atoms with van der Waals surface area (Å²) in [6, 6.07) is 52.1. The van der Waals surface area contributed by atoms with Crippen molar-refractivity contribution in [2.24, 2.45) is 0 Å². The number of fused-ring (bicyclic) bond motifs is 1. The van der Waals surface area contributed by atoms with Crippen LogP contribution < -0.4 is 9.80 Å². The molecule has 0 bridgehead atoms. The standard InChI is InChI=1S/C43H31N3/c1-3-13-34(14-4-1)45(36-23-18-30-11-7-8-12-33(30)29-36)39-26-21-31-20-25-38-40(27-22-32-19-24-37(39)42(31)43(32)38)46(35-15-5-2-6-16-35)41-17-9-10-28-44-41/h1-18,20-29,39H,19H2. The highest BCUT2D eigenvalue weighted by Gasteiger charge is 2.32. The van der Waals surface area contributed by atoms with Gasteiger partial charge in [-0.15, -0.1) is 0 Å². The topological polar surface area (TPSA) is 19.4 Å². The Bertz CT molecular complexity index is 2250. The molecule has 0 amide bonds. The lowest BCUT2D eigenvalue weighted by molar-refractivity contribution is 0.951. The van der Waals surface area contributed by atoms with Gasteiger partial charge in [-0.1, -0.05) is 109 Å². The van der Waals surface area contributed by atoms with Gasteiger partial charge in [-0.2, -0.15) is 0 Å². The normalized spacial score (nSPS) is 14.7. The van der Waals surface area contributed by atoms with Crippen molar-refractivity contribution < 1.29 is 0 Å². The molecule has 1 atom stereocenters. The van der Waals surface area contributed by atoms with Gasteiger partial charge < -0.3 is 4.90 Å². The number of para-hydroxylation sites is 2. The van der Waals surface area contributed by atoms with Crippen LogP contribution in [0.25, 0.3) is 33.2 Å². The number of anilines is 5. The van der Waals surface area contributed by atoms with Crippen LogP contribution in [0.2, 0.25) is 0 Å². The molecule has 0 saturated heterocycles. The first kappa shape index (κ1) is 26.5. The molecular formula is C43H31N3. The summed E-state index contributed by atoms with van der Waals surface area (Å²) < 4.78 is 0. The monoisotopic (exact) mass is 589 g/mol. The molecule has 0 saturated carbocycles. The molecule has 218 valence electrons. The van der Waals surface area contributed by atoms with Crippen LogP contribution in [0.3, 0.4) is 0 Å². The van der Waals surface area contributed by atoms with E-state index in [-0.39, 0.29) is 6.04 Å². The zero-order chi connectivity index (χ0) is 30.5. The highest BCUT2D eigenvalue weighted by molar-refractivity contribution is 6.10. The zero-order valence-electron chi connectivity index (χ0n) is 25.3. The Morgan fingerprint density at radius 1 is 0.609 bits per heavy atom. The van der Waals surface area contributed by atoms with Crippen LogP contribution in [0.5, 0.6) is 0 Å². The van der Waals surface area contributed by atoms with Crippen molar-refractivity contribution in [3.05, 3.63) is 181 Å². The van der Waals surface area contributed by atoms with Gasteiger partial charge in [0.15, 0.2) is 0 Å². The second kappa shape index (κ2) is 10.9. The molecule has 2 aliphatic rings. The summed E-state index contributed by atoms with van der Waals surface area (Å²) in [7, 11) is 0. The van der Waals surface area contributed by atoms with Gasteiger partial charge in [0.2, 0.25) is 0 Å². The molecule has 6 aromatic carbocycles. The zero-order valence-corrected chi connectivity index (χ0v) is 25.3. The quantitative estimate of drug-likeness (QED) is 0.192. The van der Waals surface area contributed by atoms with Gasteiger partial charge in [-0.05, 0) is 99.4 Å². The molecule has 2 aliphatic carbocycles. The molecule has 0 aliphatic heterocycles. The van der Waals surface area contributed by atoms with Crippen LogP contribution in [0.15, 0.2) is 164 Å². The average molecular weight is 590 g/mol. The third-order valence-electron chi connectivity index (χ3n) is 9.34. The van der Waals surface area contributed by atoms with Gasteiger partial charge in [-0.25, -0.2) is 4.98 Å². The van der Waals surface area contributed by atoms with Crippen molar-refractivity contribution in [1.29, 1.82) is 0 Å². The molecule has 9 rings (SSSR count). The number of benzene rings is 6. The number of nitrogens with zero attached hydrogens (tertiary/aromatic N) is 3. The van der Waals surface area contributed by atoms with E-state index in [9.17, 15) is 0 Å². The van der Waals surface area contributed by atoms with Crippen molar-refractivity contribution in [2.75, 3.05) is 9.80 Å². The van der Waals surface area contributed by atoms with E-state index < -0.39 is 0 Å². The van der Waals surface area contributed by atoms with Crippen LogP contribution in [0.4, 0.5) is 28.6 Å². The Balaban J connectivity index is 1.23. The fourth-order valence-corrected chi connectivity index (χ4v) is 7.29. The van der Waals surface area contributed by atoms with Gasteiger partial charge in [0.05, 0.1) is 11.7 Å². The smallest absolute Gasteiger partial charge is 0.137 e. The molecule has 1 aromatic heterocycles. The summed E-state index contributed by atoms with van der Waals surface area (Å²) in [5.41, 5.74) is 9.90. The summed E-state index contributed by atoms with van der Waals surface area (Å²) in [5.74, 6) is 0.901. The second-order valence-corrected chi connectivity index (χ2v) is 12.0. The molecule has 0 fully saturated rings. The van der Waals surface area contributed by atoms with Crippen molar-refractivity contribution in [2.45, 2.75) is 12.5 Å². The molecule has 0 N–H and O–H groups in total. The summed E-state index contributed by atoms with van der Waals surface area (Å²) in [6.07, 6.45) is 9.92. The highest BCUT2D eigenvalue weighted by Crippen LogP contribution is 2.48. The summed E-state index contributed by atoms with van der Waals surface area (Å²) in [5, 5.41) is 5.07. The van der Waals surface area contributed by atoms with E-state index in [1.165, 1.54) is 55.2 Å². The second-order valence-electron chi connectivity index (χ2n) is 12.0. The van der Waals surface area contributed by atoms with Crippen molar-refractivity contribution in [3.63, 3.8) is 0 Å². The average Bonchev–Trinajstić information content (AvgIpc) is 3.13. The van der Waals surface area contributed by atoms with Crippen LogP contribution in [-0.2, 0) is 6.42 Å². The summed E-state index contributed by atoms with van der Waals surface area (Å²) in [6.45, 7) is 0. The predicted octanol–water partition coefficient (Wildman–Crippen LogP) is 11.0. The van der Waals surface area contributed by atoms with Crippen molar-refractivity contribution >= 4 is 61.8 Å². The lowest BCUT2D eigenvalue weighted by Crippen LogP contribution is -2.33. The van der Waals surface area contributed by atoms with E-state index in [1.54, 1.807) is 0 Å². The van der Waals surface area contributed by atoms with E-state index in [0.717, 1.165) is 23.6 Å². The van der Waals surface area contributed by atoms with Crippen molar-refractivity contribution in [1.82, 2.24) is 4.98 Å². The molecule has 1 heterocycles. The van der Waals surface area contributed by atoms with E-state index in [0.29, 0.717) is 0 Å². The van der Waals surface area contributed by atoms with Gasteiger partial charge in [0.25, 0.3) is 0 Å². The van der Waals surface area contributed by atoms with Gasteiger partial charge >= 0.3 is 0 Å². The Hall–Kier alpha value is -5.93. The molecule has 7 aromatic rings. The maximum atomic E-state index is 4.80. The number of rotatable bonds is 6. The highest BCUT2D eigenvalue weighted by atomic mass is 15.2. The first-order valence-corrected chi connectivity index (χ1v) is 15.9. The summed E-state index contributed by atoms with van der Waals surface area (Å²) >= 11 is 0. The van der Waals surface area contributed by atoms with E-state index in [2.05, 4.69) is 168 Å². The maximum absolute atomic E-state index is 4.80. The van der Waals surface area contributed by atoms with E-state index >= 15 is 0 Å². The molecule has 3 heteroatoms. The largest absolute Gasteiger partial charge is 0.330 e. The lowest BCUT2D eigenvalue weighted by Gasteiger charge is -2.38. The van der Waals surface area contributed by atoms with E-state index in [1.807, 2.05) is 12.3 Å². The first-order chi connectivity index (χ1) is 22.8. The SMILES string of the molecule is C1=CC(N(c2ccccc2)c2ccc3ccccc3c2)C2=CCc3ccc(N(c4ccccc4)c4ccccn4)c4ccc1c2c34. The fourth-order valence-electron chi connectivity index (χ4n) is 7.29. The van der Waals surface area contributed by atoms with E-state index in [4.69, 9.17) is 4.98 Å². The lowest BCUT2D eigenvalue weighted by atomic mass is 9.78. The van der Waals surface area contributed by atoms with Crippen molar-refractivity contribution in [3.8, 4) is 0 Å². The Morgan fingerprint density at radius 2 is 1.37 bits per heavy atom. The molecule has 0 spiro atoms. The number of allylic oxidation sites excluding steroid dienone is 1. The van der Waals surface area contributed by atoms with Gasteiger partial charge in [0, 0.05) is 28.6 Å².